The molecule has 5 heteroatoms. The molecule has 2 saturated carbocycles. The number of methoxy groups -OCH3 is 1. The van der Waals surface area contributed by atoms with E-state index in [1.54, 1.807) is 14.0 Å². The molecule has 5 nitrogen and oxygen atoms in total. The molecule has 0 N–H and O–H groups in total. The third-order valence-corrected chi connectivity index (χ3v) is 6.61. The van der Waals surface area contributed by atoms with Gasteiger partial charge in [-0.1, -0.05) is 32.1 Å². The van der Waals surface area contributed by atoms with Gasteiger partial charge in [0.05, 0.1) is 12.1 Å². The zero-order valence-electron chi connectivity index (χ0n) is 16.1. The Balaban J connectivity index is 1.79. The molecular formula is C20H34N2O3. The van der Waals surface area contributed by atoms with Crippen LogP contribution in [0.5, 0.6) is 0 Å². The third kappa shape index (κ3) is 3.71. The molecule has 1 heterocycles. The van der Waals surface area contributed by atoms with Gasteiger partial charge in [0.15, 0.2) is 0 Å². The second kappa shape index (κ2) is 8.07. The van der Waals surface area contributed by atoms with Crippen LogP contribution in [0.15, 0.2) is 0 Å². The summed E-state index contributed by atoms with van der Waals surface area (Å²) in [6.07, 6.45) is 9.90. The number of ether oxygens (including phenoxy) is 1. The molecule has 25 heavy (non-hydrogen) atoms. The molecule has 1 aliphatic heterocycles. The Morgan fingerprint density at radius 2 is 1.56 bits per heavy atom. The monoisotopic (exact) mass is 350 g/mol. The summed E-state index contributed by atoms with van der Waals surface area (Å²) in [6, 6.07) is 0.440. The molecule has 3 aliphatic rings. The van der Waals surface area contributed by atoms with E-state index in [0.717, 1.165) is 38.5 Å². The van der Waals surface area contributed by atoms with Gasteiger partial charge in [-0.15, -0.1) is 0 Å². The van der Waals surface area contributed by atoms with Gasteiger partial charge in [-0.2, -0.15) is 0 Å². The summed E-state index contributed by atoms with van der Waals surface area (Å²) < 4.78 is 5.72. The van der Waals surface area contributed by atoms with Crippen LogP contribution in [0.4, 0.5) is 0 Å². The van der Waals surface area contributed by atoms with Crippen LogP contribution in [0.2, 0.25) is 0 Å². The molecule has 142 valence electrons. The van der Waals surface area contributed by atoms with E-state index in [9.17, 15) is 9.59 Å². The smallest absolute Gasteiger partial charge is 0.252 e. The summed E-state index contributed by atoms with van der Waals surface area (Å²) in [5.41, 5.74) is 0. The van der Waals surface area contributed by atoms with Crippen molar-refractivity contribution in [2.45, 2.75) is 95.9 Å². The van der Waals surface area contributed by atoms with Crippen LogP contribution in [-0.4, -0.2) is 59.5 Å². The van der Waals surface area contributed by atoms with E-state index < -0.39 is 0 Å². The first-order valence-electron chi connectivity index (χ1n) is 10.2. The quantitative estimate of drug-likeness (QED) is 0.786. The van der Waals surface area contributed by atoms with Crippen molar-refractivity contribution in [1.29, 1.82) is 0 Å². The van der Waals surface area contributed by atoms with Crippen molar-refractivity contribution >= 4 is 11.8 Å². The van der Waals surface area contributed by atoms with Crippen LogP contribution in [0.1, 0.15) is 71.6 Å². The van der Waals surface area contributed by atoms with Gasteiger partial charge in [-0.3, -0.25) is 9.59 Å². The summed E-state index contributed by atoms with van der Waals surface area (Å²) in [5.74, 6) is 0.669. The highest BCUT2D eigenvalue weighted by atomic mass is 16.5. The predicted molar refractivity (Wildman–Crippen MR) is 97.1 cm³/mol. The van der Waals surface area contributed by atoms with Crippen LogP contribution in [0.3, 0.4) is 0 Å². The van der Waals surface area contributed by atoms with E-state index in [1.165, 1.54) is 19.3 Å². The molecule has 0 aromatic rings. The van der Waals surface area contributed by atoms with E-state index in [4.69, 9.17) is 4.74 Å². The molecule has 2 aliphatic carbocycles. The van der Waals surface area contributed by atoms with Gasteiger partial charge in [0.25, 0.3) is 5.91 Å². The van der Waals surface area contributed by atoms with Gasteiger partial charge in [0, 0.05) is 26.6 Å². The number of carbonyl (C=O) groups excluding carboxylic acids is 2. The van der Waals surface area contributed by atoms with Crippen LogP contribution in [-0.2, 0) is 14.3 Å². The average molecular weight is 351 g/mol. The molecule has 0 aromatic heterocycles. The number of carbonyl (C=O) groups is 2. The van der Waals surface area contributed by atoms with Crippen molar-refractivity contribution in [1.82, 2.24) is 9.80 Å². The first-order chi connectivity index (χ1) is 12.0. The summed E-state index contributed by atoms with van der Waals surface area (Å²) in [5, 5.41) is 0. The van der Waals surface area contributed by atoms with Gasteiger partial charge >= 0.3 is 0 Å². The standard InChI is InChI=1S/C20H34N2O3/c1-14-13-21(17-11-7-8-12-18(17)22(14)15(2)23)20(24)19(25-3)16-9-5-4-6-10-16/h14,16-19H,4-13H2,1-3H3/t14-,17?,18?,19+/m0/s1. The Morgan fingerprint density at radius 1 is 0.960 bits per heavy atom. The number of rotatable bonds is 3. The topological polar surface area (TPSA) is 49.9 Å². The zero-order chi connectivity index (χ0) is 18.0. The molecule has 0 radical (unpaired) electrons. The van der Waals surface area contributed by atoms with Gasteiger partial charge in [-0.05, 0) is 38.5 Å². The van der Waals surface area contributed by atoms with E-state index in [1.807, 2.05) is 4.90 Å². The predicted octanol–water partition coefficient (Wildman–Crippen LogP) is 2.97. The minimum Gasteiger partial charge on any atom is -0.371 e. The molecule has 2 unspecified atom stereocenters. The molecular weight excluding hydrogens is 316 g/mol. The number of hydrogen-bond acceptors (Lipinski definition) is 3. The van der Waals surface area contributed by atoms with Gasteiger partial charge in [0.1, 0.15) is 6.10 Å². The molecule has 0 spiro atoms. The van der Waals surface area contributed by atoms with E-state index in [2.05, 4.69) is 11.8 Å². The largest absolute Gasteiger partial charge is 0.371 e. The van der Waals surface area contributed by atoms with E-state index in [-0.39, 0.29) is 36.0 Å². The molecule has 0 aromatic carbocycles. The fourth-order valence-corrected chi connectivity index (χ4v) is 5.51. The fraction of sp³-hybridized carbons (Fsp3) is 0.900. The maximum Gasteiger partial charge on any atom is 0.252 e. The summed E-state index contributed by atoms with van der Waals surface area (Å²) in [4.78, 5) is 29.7. The van der Waals surface area contributed by atoms with Crippen LogP contribution in [0.25, 0.3) is 0 Å². The normalized spacial score (nSPS) is 32.2. The Hall–Kier alpha value is -1.10. The van der Waals surface area contributed by atoms with Crippen molar-refractivity contribution in [3.63, 3.8) is 0 Å². The average Bonchev–Trinajstić information content (AvgIpc) is 2.62. The number of nitrogens with zero attached hydrogens (tertiary/aromatic N) is 2. The number of fused-ring (bicyclic) bond motifs is 1. The molecule has 2 amide bonds. The maximum absolute atomic E-state index is 13.4. The fourth-order valence-electron chi connectivity index (χ4n) is 5.51. The number of hydrogen-bond donors (Lipinski definition) is 0. The lowest BCUT2D eigenvalue weighted by Gasteiger charge is -2.53. The highest BCUT2D eigenvalue weighted by Crippen LogP contribution is 2.35. The Morgan fingerprint density at radius 3 is 2.16 bits per heavy atom. The van der Waals surface area contributed by atoms with E-state index in [0.29, 0.717) is 12.5 Å². The van der Waals surface area contributed by atoms with Crippen molar-refractivity contribution in [2.75, 3.05) is 13.7 Å². The van der Waals surface area contributed by atoms with Gasteiger partial charge < -0.3 is 14.5 Å². The first kappa shape index (κ1) is 18.7. The highest BCUT2D eigenvalue weighted by Gasteiger charge is 2.46. The molecule has 4 atom stereocenters. The van der Waals surface area contributed by atoms with Crippen molar-refractivity contribution < 1.29 is 14.3 Å². The SMILES string of the molecule is CO[C@@H](C(=O)N1C[C@H](C)N(C(C)=O)C2CCCCC21)C1CCCCC1. The minimum absolute atomic E-state index is 0.0876. The molecule has 1 saturated heterocycles. The molecule has 3 rings (SSSR count). The van der Waals surface area contributed by atoms with E-state index >= 15 is 0 Å². The van der Waals surface area contributed by atoms with Crippen LogP contribution < -0.4 is 0 Å². The molecule has 0 bridgehead atoms. The lowest BCUT2D eigenvalue weighted by atomic mass is 9.82. The van der Waals surface area contributed by atoms with Crippen LogP contribution >= 0.6 is 0 Å². The maximum atomic E-state index is 13.4. The molecule has 3 fully saturated rings. The van der Waals surface area contributed by atoms with Crippen molar-refractivity contribution in [3.8, 4) is 0 Å². The second-order valence-electron chi connectivity index (χ2n) is 8.24. The van der Waals surface area contributed by atoms with Gasteiger partial charge in [0.2, 0.25) is 5.91 Å². The summed E-state index contributed by atoms with van der Waals surface area (Å²) in [7, 11) is 1.69. The third-order valence-electron chi connectivity index (χ3n) is 6.61. The first-order valence-corrected chi connectivity index (χ1v) is 10.2. The number of piperazine rings is 1. The Bertz CT molecular complexity index is 489. The lowest BCUT2D eigenvalue weighted by molar-refractivity contribution is -0.162. The lowest BCUT2D eigenvalue weighted by Crippen LogP contribution is -2.67. The van der Waals surface area contributed by atoms with Crippen LogP contribution in [0, 0.1) is 5.92 Å². The Labute approximate surface area is 152 Å². The van der Waals surface area contributed by atoms with Gasteiger partial charge in [-0.25, -0.2) is 0 Å². The Kier molecular flexibility index (Phi) is 6.03. The van der Waals surface area contributed by atoms with Crippen molar-refractivity contribution in [2.24, 2.45) is 5.92 Å². The van der Waals surface area contributed by atoms with Crippen molar-refractivity contribution in [3.05, 3.63) is 0 Å². The summed E-state index contributed by atoms with van der Waals surface area (Å²) in [6.45, 7) is 4.39. The minimum atomic E-state index is -0.307. The second-order valence-corrected chi connectivity index (χ2v) is 8.24. The highest BCUT2D eigenvalue weighted by molar-refractivity contribution is 5.82. The summed E-state index contributed by atoms with van der Waals surface area (Å²) >= 11 is 0. The number of amides is 2. The zero-order valence-corrected chi connectivity index (χ0v) is 16.1.